The van der Waals surface area contributed by atoms with E-state index in [0.29, 0.717) is 5.92 Å². The molecular formula is C13H19BBrNO2S. The van der Waals surface area contributed by atoms with E-state index in [2.05, 4.69) is 48.6 Å². The van der Waals surface area contributed by atoms with Crippen LogP contribution in [0.1, 0.15) is 57.9 Å². The Kier molecular flexibility index (Phi) is 3.36. The summed E-state index contributed by atoms with van der Waals surface area (Å²) < 4.78 is 14.1. The number of nitrogens with zero attached hydrogens (tertiary/aromatic N) is 1. The summed E-state index contributed by atoms with van der Waals surface area (Å²) in [5.74, 6) is 0.650. The number of hydrogen-bond donors (Lipinski definition) is 0. The van der Waals surface area contributed by atoms with Crippen molar-refractivity contribution >= 4 is 39.2 Å². The van der Waals surface area contributed by atoms with Crippen molar-refractivity contribution in [2.45, 2.75) is 64.1 Å². The quantitative estimate of drug-likeness (QED) is 0.770. The molecule has 1 aromatic rings. The molecule has 1 aliphatic heterocycles. The number of thiazole rings is 1. The maximum atomic E-state index is 6.09. The Morgan fingerprint density at radius 3 is 2.26 bits per heavy atom. The molecule has 3 nitrogen and oxygen atoms in total. The fraction of sp³-hybridized carbons (Fsp3) is 0.769. The Balaban J connectivity index is 1.85. The second-order valence-corrected chi connectivity index (χ2v) is 8.24. The molecule has 3 rings (SSSR count). The van der Waals surface area contributed by atoms with E-state index in [9.17, 15) is 0 Å². The molecule has 0 atom stereocenters. The molecule has 0 bridgehead atoms. The molecule has 1 saturated carbocycles. The third-order valence-electron chi connectivity index (χ3n) is 4.55. The van der Waals surface area contributed by atoms with Gasteiger partial charge in [-0.25, -0.2) is 4.98 Å². The smallest absolute Gasteiger partial charge is 0.399 e. The highest BCUT2D eigenvalue weighted by atomic mass is 79.9. The highest BCUT2D eigenvalue weighted by molar-refractivity contribution is 9.10. The molecule has 2 aliphatic rings. The first-order chi connectivity index (χ1) is 8.80. The van der Waals surface area contributed by atoms with Crippen LogP contribution in [-0.4, -0.2) is 23.3 Å². The number of hydrogen-bond acceptors (Lipinski definition) is 4. The lowest BCUT2D eigenvalue weighted by Crippen LogP contribution is -2.41. The van der Waals surface area contributed by atoms with Crippen LogP contribution < -0.4 is 4.78 Å². The van der Waals surface area contributed by atoms with E-state index in [0.717, 1.165) is 9.38 Å². The molecule has 1 aliphatic carbocycles. The predicted molar refractivity (Wildman–Crippen MR) is 82.1 cm³/mol. The van der Waals surface area contributed by atoms with E-state index in [4.69, 9.17) is 9.31 Å². The Labute approximate surface area is 127 Å². The third-order valence-corrected chi connectivity index (χ3v) is 6.65. The first kappa shape index (κ1) is 14.0. The predicted octanol–water partition coefficient (Wildman–Crippen LogP) is 3.47. The van der Waals surface area contributed by atoms with Gasteiger partial charge in [-0.2, -0.15) is 0 Å². The van der Waals surface area contributed by atoms with E-state index < -0.39 is 0 Å². The van der Waals surface area contributed by atoms with Crippen LogP contribution in [0.5, 0.6) is 0 Å². The molecule has 19 heavy (non-hydrogen) atoms. The van der Waals surface area contributed by atoms with Gasteiger partial charge in [0.05, 0.1) is 21.0 Å². The Morgan fingerprint density at radius 2 is 1.79 bits per heavy atom. The van der Waals surface area contributed by atoms with Gasteiger partial charge in [-0.05, 0) is 56.5 Å². The monoisotopic (exact) mass is 343 g/mol. The van der Waals surface area contributed by atoms with Gasteiger partial charge in [0, 0.05) is 5.92 Å². The fourth-order valence-electron chi connectivity index (χ4n) is 2.25. The van der Waals surface area contributed by atoms with Gasteiger partial charge in [-0.3, -0.25) is 0 Å². The standard InChI is InChI=1S/C13H19BBrNO2S/c1-12(2)13(3,4)18-14(17-12)9-10(15)16-11(19-9)8-6-5-7-8/h8H,5-7H2,1-4H3. The van der Waals surface area contributed by atoms with Crippen molar-refractivity contribution in [1.82, 2.24) is 4.98 Å². The lowest BCUT2D eigenvalue weighted by Gasteiger charge is -2.32. The van der Waals surface area contributed by atoms with Gasteiger partial charge in [0.15, 0.2) is 0 Å². The lowest BCUT2D eigenvalue weighted by molar-refractivity contribution is 0.00578. The molecule has 0 N–H and O–H groups in total. The van der Waals surface area contributed by atoms with Crippen molar-refractivity contribution in [3.8, 4) is 0 Å². The summed E-state index contributed by atoms with van der Waals surface area (Å²) in [5.41, 5.74) is -0.588. The number of rotatable bonds is 2. The zero-order valence-corrected chi connectivity index (χ0v) is 14.2. The van der Waals surface area contributed by atoms with Gasteiger partial charge in [0.2, 0.25) is 0 Å². The average Bonchev–Trinajstić information content (AvgIpc) is 2.63. The Hall–Kier alpha value is 0.0949. The van der Waals surface area contributed by atoms with Crippen molar-refractivity contribution in [2.75, 3.05) is 0 Å². The van der Waals surface area contributed by atoms with Crippen LogP contribution in [0.25, 0.3) is 0 Å². The summed E-state index contributed by atoms with van der Waals surface area (Å²) in [6.07, 6.45) is 3.86. The Bertz CT molecular complexity index is 483. The van der Waals surface area contributed by atoms with Gasteiger partial charge in [0.25, 0.3) is 0 Å². The molecule has 0 unspecified atom stereocenters. The number of halogens is 1. The topological polar surface area (TPSA) is 31.4 Å². The van der Waals surface area contributed by atoms with Crippen molar-refractivity contribution in [3.05, 3.63) is 9.61 Å². The molecule has 2 fully saturated rings. The van der Waals surface area contributed by atoms with E-state index in [-0.39, 0.29) is 18.3 Å². The van der Waals surface area contributed by atoms with Gasteiger partial charge in [-0.1, -0.05) is 6.42 Å². The molecule has 2 heterocycles. The van der Waals surface area contributed by atoms with E-state index in [1.165, 1.54) is 24.3 Å². The van der Waals surface area contributed by atoms with Crippen LogP contribution in [-0.2, 0) is 9.31 Å². The molecule has 1 saturated heterocycles. The molecular weight excluding hydrogens is 325 g/mol. The minimum atomic E-state index is -0.300. The third kappa shape index (κ3) is 2.31. The minimum Gasteiger partial charge on any atom is -0.399 e. The van der Waals surface area contributed by atoms with Gasteiger partial charge in [0.1, 0.15) is 4.60 Å². The summed E-state index contributed by atoms with van der Waals surface area (Å²) >= 11 is 5.30. The highest BCUT2D eigenvalue weighted by Crippen LogP contribution is 2.40. The molecule has 104 valence electrons. The summed E-state index contributed by atoms with van der Waals surface area (Å²) in [6, 6.07) is 0. The van der Waals surface area contributed by atoms with E-state index in [1.807, 2.05) is 0 Å². The SMILES string of the molecule is CC1(C)OB(c2sc(C3CCC3)nc2Br)OC1(C)C. The van der Waals surface area contributed by atoms with Crippen molar-refractivity contribution in [2.24, 2.45) is 0 Å². The zero-order chi connectivity index (χ0) is 13.8. The largest absolute Gasteiger partial charge is 0.508 e. The second kappa shape index (κ2) is 4.55. The molecule has 1 aromatic heterocycles. The van der Waals surface area contributed by atoms with Crippen LogP contribution in [0.15, 0.2) is 4.60 Å². The molecule has 6 heteroatoms. The zero-order valence-electron chi connectivity index (χ0n) is 11.8. The summed E-state index contributed by atoms with van der Waals surface area (Å²) in [6.45, 7) is 8.31. The average molecular weight is 344 g/mol. The summed E-state index contributed by atoms with van der Waals surface area (Å²) in [4.78, 5) is 4.65. The fourth-order valence-corrected chi connectivity index (χ4v) is 4.08. The Morgan fingerprint density at radius 1 is 1.21 bits per heavy atom. The van der Waals surface area contributed by atoms with Gasteiger partial charge >= 0.3 is 7.12 Å². The molecule has 0 aromatic carbocycles. The maximum Gasteiger partial charge on any atom is 0.508 e. The first-order valence-corrected chi connectivity index (χ1v) is 8.43. The van der Waals surface area contributed by atoms with Crippen LogP contribution in [0.2, 0.25) is 0 Å². The first-order valence-electron chi connectivity index (χ1n) is 6.82. The van der Waals surface area contributed by atoms with Crippen molar-refractivity contribution in [3.63, 3.8) is 0 Å². The van der Waals surface area contributed by atoms with Gasteiger partial charge < -0.3 is 9.31 Å². The van der Waals surface area contributed by atoms with Crippen LogP contribution >= 0.6 is 27.3 Å². The van der Waals surface area contributed by atoms with Crippen LogP contribution in [0.4, 0.5) is 0 Å². The second-order valence-electron chi connectivity index (χ2n) is 6.42. The normalized spacial score (nSPS) is 25.6. The molecule has 0 spiro atoms. The van der Waals surface area contributed by atoms with Crippen LogP contribution in [0.3, 0.4) is 0 Å². The summed E-state index contributed by atoms with van der Waals surface area (Å²) in [7, 11) is -0.300. The van der Waals surface area contributed by atoms with Crippen LogP contribution in [0, 0.1) is 0 Å². The maximum absolute atomic E-state index is 6.09. The van der Waals surface area contributed by atoms with Crippen molar-refractivity contribution in [1.29, 1.82) is 0 Å². The highest BCUT2D eigenvalue weighted by Gasteiger charge is 2.53. The van der Waals surface area contributed by atoms with Crippen molar-refractivity contribution < 1.29 is 9.31 Å². The molecule has 0 radical (unpaired) electrons. The minimum absolute atomic E-state index is 0.294. The van der Waals surface area contributed by atoms with Gasteiger partial charge in [-0.15, -0.1) is 11.3 Å². The lowest BCUT2D eigenvalue weighted by atomic mass is 9.86. The number of aromatic nitrogens is 1. The molecule has 0 amide bonds. The van der Waals surface area contributed by atoms with E-state index >= 15 is 0 Å². The summed E-state index contributed by atoms with van der Waals surface area (Å²) in [5, 5.41) is 1.22. The van der Waals surface area contributed by atoms with E-state index in [1.54, 1.807) is 11.3 Å².